The molecule has 0 amide bonds. The molecule has 1 saturated heterocycles. The van der Waals surface area contributed by atoms with Crippen molar-refractivity contribution in [3.63, 3.8) is 0 Å². The summed E-state index contributed by atoms with van der Waals surface area (Å²) in [6.45, 7) is 0.884. The maximum Gasteiger partial charge on any atom is 0.182 e. The minimum atomic E-state index is 0.232. The Hall–Kier alpha value is -0.740. The molecule has 1 aliphatic heterocycles. The monoisotopic (exact) mass is 237 g/mol. The molecule has 0 radical (unpaired) electrons. The molecule has 1 fully saturated rings. The SMILES string of the molecule is O=C1CCCc2sc(CC3CCCO3)nc21. The predicted octanol–water partition coefficient (Wildman–Crippen LogP) is 2.38. The molecule has 0 N–H and O–H groups in total. The van der Waals surface area contributed by atoms with Crippen molar-refractivity contribution >= 4 is 17.1 Å². The largest absolute Gasteiger partial charge is 0.378 e. The highest BCUT2D eigenvalue weighted by molar-refractivity contribution is 7.12. The van der Waals surface area contributed by atoms with E-state index in [2.05, 4.69) is 4.98 Å². The number of fused-ring (bicyclic) bond motifs is 1. The van der Waals surface area contributed by atoms with Gasteiger partial charge in [0.2, 0.25) is 0 Å². The summed E-state index contributed by atoms with van der Waals surface area (Å²) in [7, 11) is 0. The van der Waals surface area contributed by atoms with Gasteiger partial charge in [0.25, 0.3) is 0 Å². The third kappa shape index (κ3) is 1.92. The number of ketones is 1. The van der Waals surface area contributed by atoms with Crippen LogP contribution in [-0.2, 0) is 17.6 Å². The van der Waals surface area contributed by atoms with Crippen LogP contribution in [-0.4, -0.2) is 23.5 Å². The quantitative estimate of drug-likeness (QED) is 0.792. The number of carbonyl (C=O) groups is 1. The van der Waals surface area contributed by atoms with Crippen LogP contribution in [0.5, 0.6) is 0 Å². The first-order chi connectivity index (χ1) is 7.83. The van der Waals surface area contributed by atoms with Gasteiger partial charge in [-0.3, -0.25) is 4.79 Å². The van der Waals surface area contributed by atoms with E-state index in [9.17, 15) is 4.79 Å². The molecule has 0 bridgehead atoms. The van der Waals surface area contributed by atoms with Gasteiger partial charge in [-0.15, -0.1) is 11.3 Å². The summed E-state index contributed by atoms with van der Waals surface area (Å²) in [4.78, 5) is 17.3. The summed E-state index contributed by atoms with van der Waals surface area (Å²) < 4.78 is 5.60. The third-order valence-corrected chi connectivity index (χ3v) is 4.38. The van der Waals surface area contributed by atoms with Crippen molar-refractivity contribution in [2.75, 3.05) is 6.61 Å². The second-order valence-corrected chi connectivity index (χ2v) is 5.66. The van der Waals surface area contributed by atoms with Gasteiger partial charge in [-0.05, 0) is 25.7 Å². The number of Topliss-reactive ketones (excluding diaryl/α,β-unsaturated/α-hetero) is 1. The molecule has 2 aliphatic rings. The second kappa shape index (κ2) is 4.26. The Morgan fingerprint density at radius 3 is 3.06 bits per heavy atom. The zero-order chi connectivity index (χ0) is 11.0. The van der Waals surface area contributed by atoms with Gasteiger partial charge in [-0.1, -0.05) is 0 Å². The Balaban J connectivity index is 1.78. The van der Waals surface area contributed by atoms with Crippen molar-refractivity contribution in [1.82, 2.24) is 4.98 Å². The molecule has 1 aliphatic carbocycles. The maximum absolute atomic E-state index is 11.6. The van der Waals surface area contributed by atoms with Gasteiger partial charge in [-0.25, -0.2) is 4.98 Å². The fraction of sp³-hybridized carbons (Fsp3) is 0.667. The number of carbonyl (C=O) groups excluding carboxylic acids is 1. The molecule has 86 valence electrons. The summed E-state index contributed by atoms with van der Waals surface area (Å²) in [6.07, 6.45) is 6.23. The van der Waals surface area contributed by atoms with Crippen molar-refractivity contribution in [1.29, 1.82) is 0 Å². The van der Waals surface area contributed by atoms with E-state index >= 15 is 0 Å². The van der Waals surface area contributed by atoms with Gasteiger partial charge >= 0.3 is 0 Å². The maximum atomic E-state index is 11.6. The summed E-state index contributed by atoms with van der Waals surface area (Å²) in [5.74, 6) is 0.232. The molecule has 16 heavy (non-hydrogen) atoms. The van der Waals surface area contributed by atoms with Crippen LogP contribution in [0.25, 0.3) is 0 Å². The minimum absolute atomic E-state index is 0.232. The number of hydrogen-bond donors (Lipinski definition) is 0. The van der Waals surface area contributed by atoms with Gasteiger partial charge in [-0.2, -0.15) is 0 Å². The van der Waals surface area contributed by atoms with Crippen LogP contribution in [0.15, 0.2) is 0 Å². The average molecular weight is 237 g/mol. The number of aromatic nitrogens is 1. The van der Waals surface area contributed by atoms with E-state index in [1.807, 2.05) is 0 Å². The molecule has 1 aromatic heterocycles. The van der Waals surface area contributed by atoms with Gasteiger partial charge in [0.05, 0.1) is 11.1 Å². The Labute approximate surface area is 98.8 Å². The standard InChI is InChI=1S/C12H15NO2S/c14-9-4-1-5-10-12(9)13-11(16-10)7-8-3-2-6-15-8/h8H,1-7H2. The number of hydrogen-bond acceptors (Lipinski definition) is 4. The van der Waals surface area contributed by atoms with Crippen molar-refractivity contribution in [2.24, 2.45) is 0 Å². The van der Waals surface area contributed by atoms with E-state index < -0.39 is 0 Å². The summed E-state index contributed by atoms with van der Waals surface area (Å²) in [6, 6.07) is 0. The molecule has 3 rings (SSSR count). The van der Waals surface area contributed by atoms with Crippen LogP contribution in [0.4, 0.5) is 0 Å². The van der Waals surface area contributed by atoms with Gasteiger partial charge in [0.15, 0.2) is 5.78 Å². The number of thiazole rings is 1. The van der Waals surface area contributed by atoms with E-state index in [4.69, 9.17) is 4.74 Å². The van der Waals surface area contributed by atoms with E-state index in [1.165, 1.54) is 4.88 Å². The van der Waals surface area contributed by atoms with Crippen LogP contribution in [0.1, 0.15) is 46.1 Å². The highest BCUT2D eigenvalue weighted by atomic mass is 32.1. The first-order valence-electron chi connectivity index (χ1n) is 5.96. The molecular weight excluding hydrogens is 222 g/mol. The Morgan fingerprint density at radius 1 is 1.38 bits per heavy atom. The fourth-order valence-electron chi connectivity index (χ4n) is 2.40. The molecule has 1 unspecified atom stereocenters. The highest BCUT2D eigenvalue weighted by Crippen LogP contribution is 2.28. The molecular formula is C12H15NO2S. The van der Waals surface area contributed by atoms with Crippen LogP contribution < -0.4 is 0 Å². The van der Waals surface area contributed by atoms with E-state index in [0.717, 1.165) is 49.4 Å². The Bertz CT molecular complexity index is 407. The summed E-state index contributed by atoms with van der Waals surface area (Å²) in [5, 5.41) is 1.09. The molecule has 0 saturated carbocycles. The van der Waals surface area contributed by atoms with E-state index in [-0.39, 0.29) is 5.78 Å². The minimum Gasteiger partial charge on any atom is -0.378 e. The number of ether oxygens (including phenoxy) is 1. The van der Waals surface area contributed by atoms with Gasteiger partial charge in [0, 0.05) is 24.3 Å². The smallest absolute Gasteiger partial charge is 0.182 e. The number of aryl methyl sites for hydroxylation is 1. The van der Waals surface area contributed by atoms with Gasteiger partial charge in [0.1, 0.15) is 5.69 Å². The molecule has 0 spiro atoms. The molecule has 2 heterocycles. The second-order valence-electron chi connectivity index (χ2n) is 4.50. The lowest BCUT2D eigenvalue weighted by atomic mass is 10.0. The van der Waals surface area contributed by atoms with Crippen molar-refractivity contribution in [3.05, 3.63) is 15.6 Å². The first-order valence-corrected chi connectivity index (χ1v) is 6.78. The van der Waals surface area contributed by atoms with E-state index in [0.29, 0.717) is 12.5 Å². The summed E-state index contributed by atoms with van der Waals surface area (Å²) in [5.41, 5.74) is 0.754. The molecule has 3 nitrogen and oxygen atoms in total. The molecule has 0 aromatic carbocycles. The topological polar surface area (TPSA) is 39.2 Å². The van der Waals surface area contributed by atoms with Crippen molar-refractivity contribution < 1.29 is 9.53 Å². The van der Waals surface area contributed by atoms with Crippen LogP contribution in [0.2, 0.25) is 0 Å². The van der Waals surface area contributed by atoms with Crippen LogP contribution >= 0.6 is 11.3 Å². The van der Waals surface area contributed by atoms with Crippen molar-refractivity contribution in [3.8, 4) is 0 Å². The summed E-state index contributed by atoms with van der Waals surface area (Å²) >= 11 is 1.71. The van der Waals surface area contributed by atoms with Crippen LogP contribution in [0.3, 0.4) is 0 Å². The predicted molar refractivity (Wildman–Crippen MR) is 62.1 cm³/mol. The lowest BCUT2D eigenvalue weighted by Gasteiger charge is -2.06. The average Bonchev–Trinajstić information content (AvgIpc) is 2.88. The number of nitrogens with zero attached hydrogens (tertiary/aromatic N) is 1. The van der Waals surface area contributed by atoms with Gasteiger partial charge < -0.3 is 4.74 Å². The lowest BCUT2D eigenvalue weighted by molar-refractivity contribution is 0.0966. The van der Waals surface area contributed by atoms with E-state index in [1.54, 1.807) is 11.3 Å². The fourth-order valence-corrected chi connectivity index (χ4v) is 3.60. The lowest BCUT2D eigenvalue weighted by Crippen LogP contribution is -2.10. The molecule has 4 heteroatoms. The number of rotatable bonds is 2. The zero-order valence-electron chi connectivity index (χ0n) is 9.20. The molecule has 1 aromatic rings. The van der Waals surface area contributed by atoms with Crippen LogP contribution in [0, 0.1) is 0 Å². The normalized spacial score (nSPS) is 24.8. The first kappa shape index (κ1) is 10.4. The Morgan fingerprint density at radius 2 is 2.31 bits per heavy atom. The Kier molecular flexibility index (Phi) is 2.77. The molecule has 1 atom stereocenters. The third-order valence-electron chi connectivity index (χ3n) is 3.24. The zero-order valence-corrected chi connectivity index (χ0v) is 10.0. The highest BCUT2D eigenvalue weighted by Gasteiger charge is 2.24. The van der Waals surface area contributed by atoms with Crippen molar-refractivity contribution in [2.45, 2.75) is 44.6 Å².